The molecule has 0 saturated heterocycles. The Morgan fingerprint density at radius 3 is 2.95 bits per heavy atom. The second-order valence-electron chi connectivity index (χ2n) is 4.85. The topological polar surface area (TPSA) is 71.3 Å². The number of rotatable bonds is 4. The average Bonchev–Trinajstić information content (AvgIpc) is 3.08. The Morgan fingerprint density at radius 1 is 1.35 bits per heavy atom. The molecule has 1 aliphatic heterocycles. The van der Waals surface area contributed by atoms with E-state index < -0.39 is 16.1 Å². The van der Waals surface area contributed by atoms with Crippen LogP contribution in [0.15, 0.2) is 45.9 Å². The Balaban J connectivity index is 1.85. The summed E-state index contributed by atoms with van der Waals surface area (Å²) in [6.45, 7) is 2.61. The molecule has 1 aromatic carbocycles. The van der Waals surface area contributed by atoms with Crippen molar-refractivity contribution in [3.63, 3.8) is 0 Å². The van der Waals surface area contributed by atoms with E-state index in [-0.39, 0.29) is 0 Å². The third-order valence-electron chi connectivity index (χ3n) is 3.40. The maximum Gasteiger partial charge on any atom is 0.241 e. The summed E-state index contributed by atoms with van der Waals surface area (Å²) in [6.07, 6.45) is 2.38. The number of furan rings is 1. The molecule has 6 heteroatoms. The first-order valence-corrected chi connectivity index (χ1v) is 7.97. The molecule has 106 valence electrons. The number of sulfonamides is 1. The van der Waals surface area contributed by atoms with Gasteiger partial charge < -0.3 is 9.73 Å². The second kappa shape index (κ2) is 4.96. The van der Waals surface area contributed by atoms with Gasteiger partial charge in [-0.1, -0.05) is 0 Å². The van der Waals surface area contributed by atoms with Crippen LogP contribution in [-0.4, -0.2) is 15.0 Å². The lowest BCUT2D eigenvalue weighted by Gasteiger charge is -2.12. The van der Waals surface area contributed by atoms with E-state index in [1.165, 1.54) is 6.26 Å². The maximum atomic E-state index is 12.4. The van der Waals surface area contributed by atoms with Crippen molar-refractivity contribution in [2.75, 3.05) is 11.9 Å². The molecule has 0 spiro atoms. The van der Waals surface area contributed by atoms with E-state index in [1.54, 1.807) is 31.2 Å². The highest BCUT2D eigenvalue weighted by Gasteiger charge is 2.21. The number of hydrogen-bond donors (Lipinski definition) is 2. The van der Waals surface area contributed by atoms with Crippen molar-refractivity contribution in [1.82, 2.24) is 4.72 Å². The molecule has 3 rings (SSSR count). The molecule has 0 radical (unpaired) electrons. The van der Waals surface area contributed by atoms with Gasteiger partial charge in [-0.3, -0.25) is 0 Å². The number of anilines is 1. The van der Waals surface area contributed by atoms with Gasteiger partial charge >= 0.3 is 0 Å². The molecule has 0 saturated carbocycles. The second-order valence-corrected chi connectivity index (χ2v) is 6.57. The van der Waals surface area contributed by atoms with Crippen molar-refractivity contribution >= 4 is 15.7 Å². The van der Waals surface area contributed by atoms with Gasteiger partial charge in [-0.2, -0.15) is 0 Å². The van der Waals surface area contributed by atoms with E-state index in [9.17, 15) is 8.42 Å². The minimum absolute atomic E-state index is 0.290. The zero-order valence-electron chi connectivity index (χ0n) is 11.1. The smallest absolute Gasteiger partial charge is 0.241 e. The average molecular weight is 292 g/mol. The highest BCUT2D eigenvalue weighted by molar-refractivity contribution is 7.89. The first-order valence-electron chi connectivity index (χ1n) is 6.49. The number of nitrogens with one attached hydrogen (secondary N) is 2. The van der Waals surface area contributed by atoms with Crippen molar-refractivity contribution in [3.8, 4) is 0 Å². The van der Waals surface area contributed by atoms with Gasteiger partial charge in [-0.25, -0.2) is 13.1 Å². The fourth-order valence-electron chi connectivity index (χ4n) is 2.34. The van der Waals surface area contributed by atoms with Gasteiger partial charge in [-0.05, 0) is 49.2 Å². The summed E-state index contributed by atoms with van der Waals surface area (Å²) in [4.78, 5) is 0.290. The van der Waals surface area contributed by atoms with Gasteiger partial charge in [-0.15, -0.1) is 0 Å². The molecule has 5 nitrogen and oxygen atoms in total. The van der Waals surface area contributed by atoms with Gasteiger partial charge in [0.2, 0.25) is 10.0 Å². The Morgan fingerprint density at radius 2 is 2.20 bits per heavy atom. The Labute approximate surface area is 118 Å². The molecule has 0 fully saturated rings. The summed E-state index contributed by atoms with van der Waals surface area (Å²) in [5.41, 5.74) is 2.06. The summed E-state index contributed by atoms with van der Waals surface area (Å²) in [5, 5.41) is 3.21. The van der Waals surface area contributed by atoms with Crippen molar-refractivity contribution in [2.45, 2.75) is 24.3 Å². The summed E-state index contributed by atoms with van der Waals surface area (Å²) < 4.78 is 32.6. The third-order valence-corrected chi connectivity index (χ3v) is 4.94. The van der Waals surface area contributed by atoms with Crippen LogP contribution in [0.5, 0.6) is 0 Å². The Kier molecular flexibility index (Phi) is 3.27. The molecule has 1 aromatic heterocycles. The molecule has 2 N–H and O–H groups in total. The van der Waals surface area contributed by atoms with Crippen LogP contribution >= 0.6 is 0 Å². The summed E-state index contributed by atoms with van der Waals surface area (Å²) in [6, 6.07) is 8.25. The standard InChI is InChI=1S/C14H16N2O3S/c1-10(14-3-2-8-19-14)16-20(17,18)12-4-5-13-11(9-12)6-7-15-13/h2-5,8-10,15-16H,6-7H2,1H3. The number of benzene rings is 1. The zero-order chi connectivity index (χ0) is 14.2. The SMILES string of the molecule is CC(NS(=O)(=O)c1ccc2c(c1)CCN2)c1ccco1. The largest absolute Gasteiger partial charge is 0.468 e. The Bertz CT molecular complexity index is 708. The molecule has 0 aliphatic carbocycles. The molecular weight excluding hydrogens is 276 g/mol. The summed E-state index contributed by atoms with van der Waals surface area (Å²) >= 11 is 0. The number of fused-ring (bicyclic) bond motifs is 1. The predicted octanol–water partition coefficient (Wildman–Crippen LogP) is 2.29. The quantitative estimate of drug-likeness (QED) is 0.907. The van der Waals surface area contributed by atoms with Crippen molar-refractivity contribution in [2.24, 2.45) is 0 Å². The van der Waals surface area contributed by atoms with E-state index >= 15 is 0 Å². The fourth-order valence-corrected chi connectivity index (χ4v) is 3.61. The first kappa shape index (κ1) is 13.2. The van der Waals surface area contributed by atoms with Gasteiger partial charge in [0.05, 0.1) is 17.2 Å². The molecular formula is C14H16N2O3S. The van der Waals surface area contributed by atoms with Crippen molar-refractivity contribution < 1.29 is 12.8 Å². The molecule has 0 bridgehead atoms. The molecule has 1 atom stereocenters. The van der Waals surface area contributed by atoms with E-state index in [2.05, 4.69) is 10.0 Å². The fraction of sp³-hybridized carbons (Fsp3) is 0.286. The van der Waals surface area contributed by atoms with Gasteiger partial charge in [0.1, 0.15) is 5.76 Å². The third kappa shape index (κ3) is 2.44. The molecule has 2 heterocycles. The summed E-state index contributed by atoms with van der Waals surface area (Å²) in [5.74, 6) is 0.594. The van der Waals surface area contributed by atoms with Crippen LogP contribution in [0.1, 0.15) is 24.3 Å². The van der Waals surface area contributed by atoms with Gasteiger partial charge in [0, 0.05) is 12.2 Å². The van der Waals surface area contributed by atoms with Crippen molar-refractivity contribution in [1.29, 1.82) is 0 Å². The van der Waals surface area contributed by atoms with Crippen LogP contribution in [0, 0.1) is 0 Å². The molecule has 1 unspecified atom stereocenters. The first-order chi connectivity index (χ1) is 9.56. The van der Waals surface area contributed by atoms with E-state index in [1.807, 2.05) is 6.07 Å². The van der Waals surface area contributed by atoms with Crippen LogP contribution in [0.4, 0.5) is 5.69 Å². The van der Waals surface area contributed by atoms with E-state index in [0.29, 0.717) is 10.7 Å². The van der Waals surface area contributed by atoms with Crippen LogP contribution < -0.4 is 10.0 Å². The van der Waals surface area contributed by atoms with E-state index in [0.717, 1.165) is 24.2 Å². The predicted molar refractivity (Wildman–Crippen MR) is 76.1 cm³/mol. The van der Waals surface area contributed by atoms with Crippen LogP contribution in [-0.2, 0) is 16.4 Å². The molecule has 0 amide bonds. The monoisotopic (exact) mass is 292 g/mol. The number of hydrogen-bond acceptors (Lipinski definition) is 4. The lowest BCUT2D eigenvalue weighted by atomic mass is 10.2. The lowest BCUT2D eigenvalue weighted by molar-refractivity contribution is 0.459. The normalized spacial score (nSPS) is 15.7. The minimum Gasteiger partial charge on any atom is -0.468 e. The van der Waals surface area contributed by atoms with Crippen LogP contribution in [0.3, 0.4) is 0 Å². The van der Waals surface area contributed by atoms with Crippen molar-refractivity contribution in [3.05, 3.63) is 47.9 Å². The summed E-state index contributed by atoms with van der Waals surface area (Å²) in [7, 11) is -3.54. The molecule has 2 aromatic rings. The van der Waals surface area contributed by atoms with Gasteiger partial charge in [0.15, 0.2) is 0 Å². The minimum atomic E-state index is -3.54. The van der Waals surface area contributed by atoms with E-state index in [4.69, 9.17) is 4.42 Å². The van der Waals surface area contributed by atoms with Gasteiger partial charge in [0.25, 0.3) is 0 Å². The van der Waals surface area contributed by atoms with Crippen LogP contribution in [0.2, 0.25) is 0 Å². The lowest BCUT2D eigenvalue weighted by Crippen LogP contribution is -2.26. The zero-order valence-corrected chi connectivity index (χ0v) is 11.9. The van der Waals surface area contributed by atoms with Crippen LogP contribution in [0.25, 0.3) is 0 Å². The molecule has 20 heavy (non-hydrogen) atoms. The maximum absolute atomic E-state index is 12.4. The Hall–Kier alpha value is -1.79. The molecule has 1 aliphatic rings. The highest BCUT2D eigenvalue weighted by atomic mass is 32.2. The highest BCUT2D eigenvalue weighted by Crippen LogP contribution is 2.26.